The van der Waals surface area contributed by atoms with Crippen LogP contribution in [0.4, 0.5) is 0 Å². The molecule has 10 heteroatoms. The van der Waals surface area contributed by atoms with Crippen LogP contribution in [0.15, 0.2) is 0 Å². The highest BCUT2D eigenvalue weighted by molar-refractivity contribution is 7.98. The summed E-state index contributed by atoms with van der Waals surface area (Å²) in [7, 11) is 0. The van der Waals surface area contributed by atoms with Crippen LogP contribution in [0.25, 0.3) is 0 Å². The van der Waals surface area contributed by atoms with E-state index in [1.54, 1.807) is 11.8 Å². The molecule has 22 heavy (non-hydrogen) atoms. The number of hydrogen-bond donors (Lipinski definition) is 6. The van der Waals surface area contributed by atoms with Crippen LogP contribution in [0.1, 0.15) is 19.3 Å². The minimum absolute atomic E-state index is 0.269. The van der Waals surface area contributed by atoms with Crippen molar-refractivity contribution in [2.75, 3.05) is 25.1 Å². The normalized spacial score (nSPS) is 17.3. The number of carbonyl (C=O) groups is 3. The maximum absolute atomic E-state index is 10.1. The molecule has 1 aliphatic heterocycles. The number of carboxylic acids is 3. The third-order valence-corrected chi connectivity index (χ3v) is 3.13. The summed E-state index contributed by atoms with van der Waals surface area (Å²) in [6, 6.07) is -0.951. The van der Waals surface area contributed by atoms with Gasteiger partial charge < -0.3 is 32.1 Å². The monoisotopic (exact) mass is 339 g/mol. The van der Waals surface area contributed by atoms with Gasteiger partial charge >= 0.3 is 17.9 Å². The molecular weight excluding hydrogens is 314 g/mol. The highest BCUT2D eigenvalue weighted by Crippen LogP contribution is 2.03. The van der Waals surface area contributed by atoms with Gasteiger partial charge in [-0.15, -0.1) is 0 Å². The standard InChI is InChI=1S/C5H11NO2S.C5H9NO2.C2H5NO2/c1-9-3-2-4(6)5(7)8;7-5(8)4-2-1-3-6-4;3-1-2(4)5/h4H,2-3,6H2,1H3,(H,7,8);4,6H,1-3H2,(H,7,8);1,3H2,(H,4,5)/t2*4-;/m00./s1. The summed E-state index contributed by atoms with van der Waals surface area (Å²) in [6.45, 7) is 0.580. The summed E-state index contributed by atoms with van der Waals surface area (Å²) < 4.78 is 0. The highest BCUT2D eigenvalue weighted by atomic mass is 32.2. The highest BCUT2D eigenvalue weighted by Gasteiger charge is 2.20. The van der Waals surface area contributed by atoms with E-state index < -0.39 is 23.9 Å². The van der Waals surface area contributed by atoms with E-state index in [0.29, 0.717) is 6.42 Å². The molecule has 2 atom stereocenters. The van der Waals surface area contributed by atoms with Gasteiger partial charge in [0.15, 0.2) is 0 Å². The summed E-state index contributed by atoms with van der Waals surface area (Å²) >= 11 is 1.60. The Morgan fingerprint density at radius 3 is 2.09 bits per heavy atom. The largest absolute Gasteiger partial charge is 0.480 e. The van der Waals surface area contributed by atoms with Crippen molar-refractivity contribution in [1.29, 1.82) is 0 Å². The Balaban J connectivity index is 0. The van der Waals surface area contributed by atoms with E-state index in [0.717, 1.165) is 25.1 Å². The number of thioether (sulfide) groups is 1. The van der Waals surface area contributed by atoms with Crippen molar-refractivity contribution in [1.82, 2.24) is 5.32 Å². The molecule has 1 heterocycles. The molecule has 1 saturated heterocycles. The molecule has 1 aliphatic rings. The molecule has 0 aromatic rings. The molecule has 1 fully saturated rings. The van der Waals surface area contributed by atoms with Crippen LogP contribution in [0.2, 0.25) is 0 Å². The SMILES string of the molecule is CSCC[C@H](N)C(=O)O.NCC(=O)O.O=C(O)[C@@H]1CCCN1. The zero-order valence-corrected chi connectivity index (χ0v) is 13.3. The van der Waals surface area contributed by atoms with Gasteiger partial charge in [0.05, 0.1) is 6.54 Å². The Bertz CT molecular complexity index is 337. The van der Waals surface area contributed by atoms with Gasteiger partial charge in [-0.05, 0) is 37.8 Å². The molecule has 0 saturated carbocycles. The molecule has 0 amide bonds. The summed E-state index contributed by atoms with van der Waals surface area (Å²) in [6.07, 6.45) is 4.26. The van der Waals surface area contributed by atoms with Crippen LogP contribution in [-0.2, 0) is 14.4 Å². The van der Waals surface area contributed by atoms with Gasteiger partial charge in [0.1, 0.15) is 12.1 Å². The Morgan fingerprint density at radius 1 is 1.32 bits per heavy atom. The van der Waals surface area contributed by atoms with Crippen LogP contribution < -0.4 is 16.8 Å². The van der Waals surface area contributed by atoms with Crippen LogP contribution in [-0.4, -0.2) is 70.4 Å². The van der Waals surface area contributed by atoms with Gasteiger partial charge in [-0.2, -0.15) is 11.8 Å². The first-order valence-electron chi connectivity index (χ1n) is 6.61. The van der Waals surface area contributed by atoms with Gasteiger partial charge in [0.25, 0.3) is 0 Å². The molecule has 1 rings (SSSR count). The minimum Gasteiger partial charge on any atom is -0.480 e. The Kier molecular flexibility index (Phi) is 15.2. The van der Waals surface area contributed by atoms with Crippen molar-refractivity contribution >= 4 is 29.7 Å². The van der Waals surface area contributed by atoms with Crippen LogP contribution in [0.3, 0.4) is 0 Å². The van der Waals surface area contributed by atoms with Crippen molar-refractivity contribution in [2.24, 2.45) is 11.5 Å². The zero-order valence-electron chi connectivity index (χ0n) is 12.5. The molecule has 0 radical (unpaired) electrons. The predicted molar refractivity (Wildman–Crippen MR) is 84.0 cm³/mol. The lowest BCUT2D eigenvalue weighted by molar-refractivity contribution is -0.139. The molecular formula is C12H25N3O6S. The van der Waals surface area contributed by atoms with Gasteiger partial charge in [0, 0.05) is 0 Å². The first-order chi connectivity index (χ1) is 10.3. The van der Waals surface area contributed by atoms with E-state index >= 15 is 0 Å². The second-order valence-corrected chi connectivity index (χ2v) is 5.30. The summed E-state index contributed by atoms with van der Waals surface area (Å²) in [4.78, 5) is 29.5. The van der Waals surface area contributed by atoms with E-state index in [2.05, 4.69) is 11.1 Å². The lowest BCUT2D eigenvalue weighted by Gasteiger charge is -2.02. The van der Waals surface area contributed by atoms with E-state index in [1.165, 1.54) is 0 Å². The molecule has 0 spiro atoms. The second kappa shape index (κ2) is 14.6. The molecule has 9 nitrogen and oxygen atoms in total. The molecule has 130 valence electrons. The summed E-state index contributed by atoms with van der Waals surface area (Å²) in [5, 5.41) is 27.1. The Hall–Kier alpha value is -1.36. The first kappa shape index (κ1) is 22.9. The van der Waals surface area contributed by atoms with Crippen molar-refractivity contribution in [3.63, 3.8) is 0 Å². The quantitative estimate of drug-likeness (QED) is 0.352. The van der Waals surface area contributed by atoms with Crippen LogP contribution >= 0.6 is 11.8 Å². The van der Waals surface area contributed by atoms with Gasteiger partial charge in [-0.1, -0.05) is 0 Å². The summed E-state index contributed by atoms with van der Waals surface area (Å²) in [5.41, 5.74) is 9.76. The number of nitrogens with one attached hydrogen (secondary N) is 1. The van der Waals surface area contributed by atoms with E-state index in [-0.39, 0.29) is 12.6 Å². The average Bonchev–Trinajstić information content (AvgIpc) is 3.00. The number of hydrogen-bond acceptors (Lipinski definition) is 7. The van der Waals surface area contributed by atoms with Gasteiger partial charge in [-0.3, -0.25) is 14.4 Å². The van der Waals surface area contributed by atoms with Crippen molar-refractivity contribution < 1.29 is 29.7 Å². The van der Waals surface area contributed by atoms with Crippen molar-refractivity contribution in [3.8, 4) is 0 Å². The Morgan fingerprint density at radius 2 is 1.86 bits per heavy atom. The maximum Gasteiger partial charge on any atom is 0.320 e. The van der Waals surface area contributed by atoms with E-state index in [4.69, 9.17) is 21.1 Å². The fourth-order valence-corrected chi connectivity index (χ4v) is 1.75. The number of nitrogens with two attached hydrogens (primary N) is 2. The smallest absolute Gasteiger partial charge is 0.320 e. The lowest BCUT2D eigenvalue weighted by Crippen LogP contribution is -2.30. The van der Waals surface area contributed by atoms with E-state index in [9.17, 15) is 14.4 Å². The van der Waals surface area contributed by atoms with Gasteiger partial charge in [-0.25, -0.2) is 0 Å². The third kappa shape index (κ3) is 15.0. The topological polar surface area (TPSA) is 176 Å². The average molecular weight is 339 g/mol. The maximum atomic E-state index is 10.1. The van der Waals surface area contributed by atoms with Crippen molar-refractivity contribution in [3.05, 3.63) is 0 Å². The Labute approximate surface area is 133 Å². The fourth-order valence-electron chi connectivity index (χ4n) is 1.26. The fraction of sp³-hybridized carbons (Fsp3) is 0.750. The molecule has 0 bridgehead atoms. The van der Waals surface area contributed by atoms with Gasteiger partial charge in [0.2, 0.25) is 0 Å². The predicted octanol–water partition coefficient (Wildman–Crippen LogP) is -0.996. The van der Waals surface area contributed by atoms with Crippen molar-refractivity contribution in [2.45, 2.75) is 31.3 Å². The zero-order chi connectivity index (χ0) is 17.5. The third-order valence-electron chi connectivity index (χ3n) is 2.48. The van der Waals surface area contributed by atoms with Crippen LogP contribution in [0.5, 0.6) is 0 Å². The molecule has 0 aromatic heterocycles. The number of carboxylic acid groups (broad SMARTS) is 3. The first-order valence-corrected chi connectivity index (χ1v) is 8.01. The summed E-state index contributed by atoms with van der Waals surface area (Å²) in [5.74, 6) is -1.79. The molecule has 0 aromatic carbocycles. The number of rotatable bonds is 6. The lowest BCUT2D eigenvalue weighted by atomic mass is 10.2. The van der Waals surface area contributed by atoms with Crippen LogP contribution in [0, 0.1) is 0 Å². The minimum atomic E-state index is -0.968. The number of aliphatic carboxylic acids is 3. The molecule has 8 N–H and O–H groups in total. The molecule has 0 aliphatic carbocycles. The molecule has 0 unspecified atom stereocenters. The second-order valence-electron chi connectivity index (χ2n) is 4.31. The van der Waals surface area contributed by atoms with E-state index in [1.807, 2.05) is 6.26 Å².